The molecule has 0 aromatic rings. The highest BCUT2D eigenvalue weighted by Crippen LogP contribution is 2.22. The van der Waals surface area contributed by atoms with Crippen LogP contribution in [0.1, 0.15) is 181 Å². The molecule has 1 aliphatic heterocycles. The van der Waals surface area contributed by atoms with Crippen LogP contribution in [0.15, 0.2) is 85.1 Å². The number of carbonyl (C=O) groups excluding carboxylic acids is 1. The number of ether oxygens (including phenoxy) is 4. The Morgan fingerprint density at radius 3 is 1.48 bits per heavy atom. The third kappa shape index (κ3) is 33.9. The smallest absolute Gasteiger partial charge is 0.306 e. The number of rotatable bonds is 41. The lowest BCUT2D eigenvalue weighted by Crippen LogP contribution is -2.59. The van der Waals surface area contributed by atoms with Gasteiger partial charge in [0.1, 0.15) is 30.5 Å². The van der Waals surface area contributed by atoms with Gasteiger partial charge in [-0.3, -0.25) is 4.79 Å². The molecule has 0 aromatic carbocycles. The Morgan fingerprint density at radius 1 is 0.532 bits per heavy atom. The van der Waals surface area contributed by atoms with Crippen LogP contribution < -0.4 is 0 Å². The van der Waals surface area contributed by atoms with E-state index in [1.807, 2.05) is 0 Å². The first kappa shape index (κ1) is 57.4. The number of hydrogen-bond acceptors (Lipinski definition) is 9. The fraction of sp³-hybridized carbons (Fsp3) is 0.717. The number of carbonyl (C=O) groups is 1. The molecule has 6 atom stereocenters. The van der Waals surface area contributed by atoms with Crippen molar-refractivity contribution in [3.8, 4) is 0 Å². The van der Waals surface area contributed by atoms with Gasteiger partial charge in [-0.1, -0.05) is 176 Å². The van der Waals surface area contributed by atoms with E-state index in [2.05, 4.69) is 98.9 Å². The summed E-state index contributed by atoms with van der Waals surface area (Å²) in [6.45, 7) is 4.35. The van der Waals surface area contributed by atoms with Crippen molar-refractivity contribution in [1.82, 2.24) is 0 Å². The minimum atomic E-state index is -1.55. The van der Waals surface area contributed by atoms with Crippen LogP contribution in [0.25, 0.3) is 0 Å². The van der Waals surface area contributed by atoms with Crippen LogP contribution >= 0.6 is 0 Å². The summed E-state index contributed by atoms with van der Waals surface area (Å²) in [5, 5.41) is 40.2. The molecule has 1 fully saturated rings. The fourth-order valence-electron chi connectivity index (χ4n) is 6.97. The molecule has 6 unspecified atom stereocenters. The summed E-state index contributed by atoms with van der Waals surface area (Å²) in [6.07, 6.45) is 51.9. The molecule has 62 heavy (non-hydrogen) atoms. The molecule has 4 N–H and O–H groups in total. The van der Waals surface area contributed by atoms with Gasteiger partial charge in [0.05, 0.1) is 19.8 Å². The van der Waals surface area contributed by atoms with Gasteiger partial charge < -0.3 is 39.4 Å². The van der Waals surface area contributed by atoms with Crippen LogP contribution in [0.3, 0.4) is 0 Å². The van der Waals surface area contributed by atoms with Crippen molar-refractivity contribution in [2.24, 2.45) is 0 Å². The van der Waals surface area contributed by atoms with Crippen molar-refractivity contribution in [2.75, 3.05) is 26.4 Å². The zero-order chi connectivity index (χ0) is 45.0. The van der Waals surface area contributed by atoms with E-state index in [1.165, 1.54) is 89.9 Å². The van der Waals surface area contributed by atoms with Crippen molar-refractivity contribution in [3.05, 3.63) is 85.1 Å². The third-order valence-corrected chi connectivity index (χ3v) is 10.8. The number of aliphatic hydroxyl groups excluding tert-OH is 4. The molecule has 0 spiro atoms. The predicted molar refractivity (Wildman–Crippen MR) is 256 cm³/mol. The van der Waals surface area contributed by atoms with Gasteiger partial charge in [0.15, 0.2) is 6.29 Å². The van der Waals surface area contributed by atoms with Crippen LogP contribution in [-0.4, -0.2) is 89.6 Å². The first-order valence-electron chi connectivity index (χ1n) is 24.7. The summed E-state index contributed by atoms with van der Waals surface area (Å²) in [5.74, 6) is -0.373. The Hall–Kier alpha value is -2.63. The molecule has 0 aliphatic carbocycles. The Labute approximate surface area is 378 Å². The molecular formula is C53H90O9. The van der Waals surface area contributed by atoms with E-state index in [0.29, 0.717) is 13.0 Å². The fourth-order valence-corrected chi connectivity index (χ4v) is 6.97. The van der Waals surface area contributed by atoms with E-state index in [4.69, 9.17) is 18.9 Å². The zero-order valence-corrected chi connectivity index (χ0v) is 39.1. The van der Waals surface area contributed by atoms with Gasteiger partial charge in [-0.05, 0) is 83.5 Å². The van der Waals surface area contributed by atoms with E-state index in [1.54, 1.807) is 0 Å². The van der Waals surface area contributed by atoms with Crippen LogP contribution in [0.4, 0.5) is 0 Å². The standard InChI is InChI=1S/C53H90O9/c1-3-5-7-9-11-13-15-17-19-21-22-23-24-25-27-29-31-33-35-37-39-41-43-59-45-47(46-60-53-52(58)51(57)50(56)48(44-54)62-53)61-49(55)42-40-38-36-34-32-30-28-26-20-18-16-14-12-10-8-6-4-2/h6,8,12,14-15,17-18,20-22,28,30,34,36,47-48,50-54,56-58H,3-5,7,9-11,13,16,19,23-27,29,31-33,35,37-46H2,1-2H3/b8-6-,14-12-,17-15-,20-18-,22-21-,30-28-,36-34-. The number of unbranched alkanes of at least 4 members (excludes halogenated alkanes) is 16. The van der Waals surface area contributed by atoms with E-state index < -0.39 is 43.4 Å². The van der Waals surface area contributed by atoms with Crippen molar-refractivity contribution in [3.63, 3.8) is 0 Å². The third-order valence-electron chi connectivity index (χ3n) is 10.8. The molecule has 9 nitrogen and oxygen atoms in total. The maximum atomic E-state index is 12.8. The second-order valence-corrected chi connectivity index (χ2v) is 16.5. The lowest BCUT2D eigenvalue weighted by atomic mass is 9.99. The Kier molecular flexibility index (Phi) is 40.4. The first-order chi connectivity index (χ1) is 30.4. The quantitative estimate of drug-likeness (QED) is 0.0269. The summed E-state index contributed by atoms with van der Waals surface area (Å²) in [6, 6.07) is 0. The molecule has 1 rings (SSSR count). The average Bonchev–Trinajstić information content (AvgIpc) is 3.27. The topological polar surface area (TPSA) is 135 Å². The largest absolute Gasteiger partial charge is 0.457 e. The van der Waals surface area contributed by atoms with Gasteiger partial charge in [-0.2, -0.15) is 0 Å². The molecule has 0 saturated carbocycles. The maximum Gasteiger partial charge on any atom is 0.306 e. The van der Waals surface area contributed by atoms with Gasteiger partial charge in [0, 0.05) is 13.0 Å². The van der Waals surface area contributed by atoms with Crippen molar-refractivity contribution in [2.45, 2.75) is 218 Å². The molecule has 9 heteroatoms. The number of hydrogen-bond donors (Lipinski definition) is 4. The SMILES string of the molecule is CC/C=C\C/C=C\C/C=C\C/C=C\C/C=C\CCCC(=O)OC(COCCCCCCCCCCCC/C=C\C/C=C\CCCCCCC)COC1OC(CO)C(O)C(O)C1O. The normalized spacial score (nSPS) is 20.5. The van der Waals surface area contributed by atoms with Crippen molar-refractivity contribution >= 4 is 5.97 Å². The van der Waals surface area contributed by atoms with Gasteiger partial charge >= 0.3 is 5.97 Å². The molecule has 1 saturated heterocycles. The highest BCUT2D eigenvalue weighted by molar-refractivity contribution is 5.69. The van der Waals surface area contributed by atoms with E-state index in [0.717, 1.165) is 64.2 Å². The molecule has 1 heterocycles. The molecule has 0 radical (unpaired) electrons. The van der Waals surface area contributed by atoms with Gasteiger partial charge in [0.25, 0.3) is 0 Å². The predicted octanol–water partition coefficient (Wildman–Crippen LogP) is 11.8. The average molecular weight is 871 g/mol. The van der Waals surface area contributed by atoms with Crippen molar-refractivity contribution in [1.29, 1.82) is 0 Å². The van der Waals surface area contributed by atoms with Gasteiger partial charge in [-0.15, -0.1) is 0 Å². The summed E-state index contributed by atoms with van der Waals surface area (Å²) in [7, 11) is 0. The van der Waals surface area contributed by atoms with Crippen LogP contribution in [0.2, 0.25) is 0 Å². The molecular weight excluding hydrogens is 781 g/mol. The number of allylic oxidation sites excluding steroid dienone is 14. The zero-order valence-electron chi connectivity index (χ0n) is 39.1. The summed E-state index contributed by atoms with van der Waals surface area (Å²) < 4.78 is 22.8. The number of aliphatic hydroxyl groups is 4. The highest BCUT2D eigenvalue weighted by Gasteiger charge is 2.44. The van der Waals surface area contributed by atoms with Crippen LogP contribution in [0.5, 0.6) is 0 Å². The Morgan fingerprint density at radius 2 is 0.984 bits per heavy atom. The van der Waals surface area contributed by atoms with E-state index in [-0.39, 0.29) is 25.6 Å². The summed E-state index contributed by atoms with van der Waals surface area (Å²) in [5.41, 5.74) is 0. The number of esters is 1. The van der Waals surface area contributed by atoms with Gasteiger partial charge in [-0.25, -0.2) is 0 Å². The van der Waals surface area contributed by atoms with Crippen LogP contribution in [-0.2, 0) is 23.7 Å². The van der Waals surface area contributed by atoms with E-state index in [9.17, 15) is 25.2 Å². The minimum absolute atomic E-state index is 0.115. The Bertz CT molecular complexity index is 1220. The van der Waals surface area contributed by atoms with Crippen molar-refractivity contribution < 1.29 is 44.2 Å². The molecule has 356 valence electrons. The van der Waals surface area contributed by atoms with E-state index >= 15 is 0 Å². The highest BCUT2D eigenvalue weighted by atomic mass is 16.7. The molecule has 1 aliphatic rings. The van der Waals surface area contributed by atoms with Crippen LogP contribution in [0, 0.1) is 0 Å². The molecule has 0 bridgehead atoms. The summed E-state index contributed by atoms with van der Waals surface area (Å²) in [4.78, 5) is 12.8. The minimum Gasteiger partial charge on any atom is -0.457 e. The molecule has 0 aromatic heterocycles. The first-order valence-corrected chi connectivity index (χ1v) is 24.7. The summed E-state index contributed by atoms with van der Waals surface area (Å²) >= 11 is 0. The molecule has 0 amide bonds. The maximum absolute atomic E-state index is 12.8. The second kappa shape index (κ2) is 43.6. The monoisotopic (exact) mass is 871 g/mol. The Balaban J connectivity index is 2.26. The lowest BCUT2D eigenvalue weighted by molar-refractivity contribution is -0.305. The van der Waals surface area contributed by atoms with Gasteiger partial charge in [0.2, 0.25) is 0 Å². The second-order valence-electron chi connectivity index (χ2n) is 16.5. The lowest BCUT2D eigenvalue weighted by Gasteiger charge is -2.39.